The Hall–Kier alpha value is -1.34. The molecule has 1 aliphatic heterocycles. The first-order chi connectivity index (χ1) is 11.4. The molecule has 24 heavy (non-hydrogen) atoms. The van der Waals surface area contributed by atoms with E-state index in [0.717, 1.165) is 38.4 Å². The lowest BCUT2D eigenvalue weighted by atomic mass is 10.1. The van der Waals surface area contributed by atoms with Gasteiger partial charge in [-0.3, -0.25) is 14.5 Å². The molecule has 6 nitrogen and oxygen atoms in total. The highest BCUT2D eigenvalue weighted by Crippen LogP contribution is 2.11. The van der Waals surface area contributed by atoms with Crippen LogP contribution >= 0.6 is 11.8 Å². The first kappa shape index (κ1) is 19.0. The van der Waals surface area contributed by atoms with Gasteiger partial charge < -0.3 is 9.88 Å². The Kier molecular flexibility index (Phi) is 6.86. The van der Waals surface area contributed by atoms with E-state index in [1.54, 1.807) is 0 Å². The van der Waals surface area contributed by atoms with Crippen molar-refractivity contribution in [1.82, 2.24) is 19.8 Å². The number of nitrogens with zero attached hydrogens (tertiary/aromatic N) is 3. The van der Waals surface area contributed by atoms with Crippen LogP contribution in [-0.4, -0.2) is 64.7 Å². The fourth-order valence-corrected chi connectivity index (χ4v) is 3.48. The van der Waals surface area contributed by atoms with Gasteiger partial charge >= 0.3 is 0 Å². The summed E-state index contributed by atoms with van der Waals surface area (Å²) in [6, 6.07) is 0. The Morgan fingerprint density at radius 3 is 2.50 bits per heavy atom. The molecule has 1 fully saturated rings. The first-order valence-electron chi connectivity index (χ1n) is 8.54. The summed E-state index contributed by atoms with van der Waals surface area (Å²) in [5.74, 6) is 0.783. The third-order valence-electron chi connectivity index (χ3n) is 4.33. The molecule has 1 saturated heterocycles. The van der Waals surface area contributed by atoms with Crippen molar-refractivity contribution in [2.75, 3.05) is 39.0 Å². The molecular weight excluding hydrogens is 324 g/mol. The summed E-state index contributed by atoms with van der Waals surface area (Å²) in [4.78, 5) is 36.0. The summed E-state index contributed by atoms with van der Waals surface area (Å²) in [5.41, 5.74) is 1.22. The lowest BCUT2D eigenvalue weighted by molar-refractivity contribution is -0.132. The van der Waals surface area contributed by atoms with E-state index in [4.69, 9.17) is 0 Å². The number of carbonyl (C=O) groups excluding carboxylic acids is 1. The standard InChI is InChI=1S/C17H28N4O2S/c1-12(2)11-20-7-9-21(10-8-20)15(22)6-5-14-13(3)18-17(24-4)19-16(14)23/h12H,5-11H2,1-4H3,(H,18,19,23). The first-order valence-corrected chi connectivity index (χ1v) is 9.77. The zero-order valence-corrected chi connectivity index (χ0v) is 15.9. The van der Waals surface area contributed by atoms with E-state index < -0.39 is 0 Å². The molecule has 0 saturated carbocycles. The molecule has 134 valence electrons. The van der Waals surface area contributed by atoms with Gasteiger partial charge in [0.2, 0.25) is 5.91 Å². The molecule has 2 rings (SSSR count). The second-order valence-corrected chi connectivity index (χ2v) is 7.51. The highest BCUT2D eigenvalue weighted by atomic mass is 32.2. The van der Waals surface area contributed by atoms with E-state index in [1.165, 1.54) is 11.8 Å². The Balaban J connectivity index is 1.87. The maximum atomic E-state index is 12.4. The minimum Gasteiger partial charge on any atom is -0.340 e. The van der Waals surface area contributed by atoms with E-state index in [-0.39, 0.29) is 11.5 Å². The van der Waals surface area contributed by atoms with Gasteiger partial charge in [-0.25, -0.2) is 4.98 Å². The number of aromatic nitrogens is 2. The van der Waals surface area contributed by atoms with Crippen molar-refractivity contribution in [3.8, 4) is 0 Å². The van der Waals surface area contributed by atoms with Crippen LogP contribution < -0.4 is 5.56 Å². The Morgan fingerprint density at radius 1 is 1.29 bits per heavy atom. The van der Waals surface area contributed by atoms with Gasteiger partial charge in [0.15, 0.2) is 5.16 Å². The average Bonchev–Trinajstić information content (AvgIpc) is 2.53. The van der Waals surface area contributed by atoms with Crippen molar-refractivity contribution < 1.29 is 4.79 Å². The van der Waals surface area contributed by atoms with E-state index in [9.17, 15) is 9.59 Å². The second-order valence-electron chi connectivity index (χ2n) is 6.71. The number of piperazine rings is 1. The lowest BCUT2D eigenvalue weighted by Gasteiger charge is -2.35. The van der Waals surface area contributed by atoms with Gasteiger partial charge in [0.25, 0.3) is 5.56 Å². The highest BCUT2D eigenvalue weighted by molar-refractivity contribution is 7.98. The number of rotatable bonds is 6. The topological polar surface area (TPSA) is 69.3 Å². The molecule has 0 atom stereocenters. The van der Waals surface area contributed by atoms with Crippen molar-refractivity contribution in [3.63, 3.8) is 0 Å². The molecule has 1 aromatic heterocycles. The average molecular weight is 353 g/mol. The van der Waals surface area contributed by atoms with Crippen LogP contribution in [0.15, 0.2) is 9.95 Å². The zero-order valence-electron chi connectivity index (χ0n) is 15.1. The fourth-order valence-electron chi connectivity index (χ4n) is 3.06. The number of hydrogen-bond donors (Lipinski definition) is 1. The monoisotopic (exact) mass is 352 g/mol. The van der Waals surface area contributed by atoms with Gasteiger partial charge in [0.1, 0.15) is 0 Å². The van der Waals surface area contributed by atoms with Crippen LogP contribution in [-0.2, 0) is 11.2 Å². The Morgan fingerprint density at radius 2 is 1.96 bits per heavy atom. The van der Waals surface area contributed by atoms with Crippen molar-refractivity contribution in [3.05, 3.63) is 21.6 Å². The molecule has 0 bridgehead atoms. The van der Waals surface area contributed by atoms with Crippen molar-refractivity contribution >= 4 is 17.7 Å². The summed E-state index contributed by atoms with van der Waals surface area (Å²) in [7, 11) is 0. The van der Waals surface area contributed by atoms with Crippen LogP contribution in [0.1, 0.15) is 31.5 Å². The maximum Gasteiger partial charge on any atom is 0.254 e. The molecule has 0 radical (unpaired) electrons. The largest absolute Gasteiger partial charge is 0.340 e. The molecule has 7 heteroatoms. The number of aryl methyl sites for hydroxylation is 1. The predicted octanol–water partition coefficient (Wildman–Crippen LogP) is 1.53. The molecule has 0 spiro atoms. The van der Waals surface area contributed by atoms with Crippen LogP contribution in [0.25, 0.3) is 0 Å². The van der Waals surface area contributed by atoms with Crippen molar-refractivity contribution in [1.29, 1.82) is 0 Å². The number of carbonyl (C=O) groups is 1. The number of nitrogens with one attached hydrogen (secondary N) is 1. The molecule has 0 unspecified atom stereocenters. The minimum absolute atomic E-state index is 0.124. The summed E-state index contributed by atoms with van der Waals surface area (Å²) in [6.45, 7) is 10.8. The summed E-state index contributed by atoms with van der Waals surface area (Å²) in [5, 5.41) is 0.619. The smallest absolute Gasteiger partial charge is 0.254 e. The maximum absolute atomic E-state index is 12.4. The SMILES string of the molecule is CSc1nc(C)c(CCC(=O)N2CCN(CC(C)C)CC2)c(=O)[nH]1. The van der Waals surface area contributed by atoms with E-state index >= 15 is 0 Å². The molecule has 1 N–H and O–H groups in total. The van der Waals surface area contributed by atoms with Gasteiger partial charge in [0.05, 0.1) is 0 Å². The summed E-state index contributed by atoms with van der Waals surface area (Å²) < 4.78 is 0. The quantitative estimate of drug-likeness (QED) is 0.621. The van der Waals surface area contributed by atoms with Crippen molar-refractivity contribution in [2.45, 2.75) is 38.8 Å². The molecular formula is C17H28N4O2S. The molecule has 0 aromatic carbocycles. The van der Waals surface area contributed by atoms with Crippen LogP contribution in [0, 0.1) is 12.8 Å². The van der Waals surface area contributed by atoms with Crippen molar-refractivity contribution in [2.24, 2.45) is 5.92 Å². The Bertz CT molecular complexity index is 622. The highest BCUT2D eigenvalue weighted by Gasteiger charge is 2.21. The Labute approximate surface area is 148 Å². The van der Waals surface area contributed by atoms with Gasteiger partial charge in [-0.15, -0.1) is 0 Å². The van der Waals surface area contributed by atoms with E-state index in [1.807, 2.05) is 18.1 Å². The number of H-pyrrole nitrogens is 1. The predicted molar refractivity (Wildman–Crippen MR) is 97.6 cm³/mol. The van der Waals surface area contributed by atoms with E-state index in [0.29, 0.717) is 29.5 Å². The molecule has 1 aromatic rings. The molecule has 2 heterocycles. The van der Waals surface area contributed by atoms with Gasteiger partial charge in [0, 0.05) is 50.4 Å². The van der Waals surface area contributed by atoms with Crippen LogP contribution in [0.4, 0.5) is 0 Å². The number of aromatic amines is 1. The number of hydrogen-bond acceptors (Lipinski definition) is 5. The number of thioether (sulfide) groups is 1. The third-order valence-corrected chi connectivity index (χ3v) is 4.91. The van der Waals surface area contributed by atoms with Crippen LogP contribution in [0.2, 0.25) is 0 Å². The molecule has 1 aliphatic rings. The van der Waals surface area contributed by atoms with Crippen LogP contribution in [0.3, 0.4) is 0 Å². The van der Waals surface area contributed by atoms with Gasteiger partial charge in [-0.05, 0) is 25.5 Å². The normalized spacial score (nSPS) is 16.0. The lowest BCUT2D eigenvalue weighted by Crippen LogP contribution is -2.49. The fraction of sp³-hybridized carbons (Fsp3) is 0.706. The minimum atomic E-state index is -0.124. The third kappa shape index (κ3) is 5.08. The zero-order chi connectivity index (χ0) is 17.7. The molecule has 0 aliphatic carbocycles. The summed E-state index contributed by atoms with van der Waals surface area (Å²) in [6.07, 6.45) is 2.70. The van der Waals surface area contributed by atoms with Gasteiger partial charge in [-0.2, -0.15) is 0 Å². The van der Waals surface area contributed by atoms with Crippen LogP contribution in [0.5, 0.6) is 0 Å². The van der Waals surface area contributed by atoms with Gasteiger partial charge in [-0.1, -0.05) is 25.6 Å². The van der Waals surface area contributed by atoms with E-state index in [2.05, 4.69) is 28.7 Å². The molecule has 1 amide bonds. The second kappa shape index (κ2) is 8.67. The number of amides is 1. The summed E-state index contributed by atoms with van der Waals surface area (Å²) >= 11 is 1.41.